The molecule has 1 saturated heterocycles. The van der Waals surface area contributed by atoms with Crippen LogP contribution in [0.2, 0.25) is 0 Å². The number of nitrogens with zero attached hydrogens (tertiary/aromatic N) is 4. The van der Waals surface area contributed by atoms with E-state index in [1.54, 1.807) is 26.4 Å². The van der Waals surface area contributed by atoms with Crippen molar-refractivity contribution in [2.75, 3.05) is 40.4 Å². The van der Waals surface area contributed by atoms with Crippen LogP contribution in [0.5, 0.6) is 11.5 Å². The second-order valence-corrected chi connectivity index (χ2v) is 7.61. The highest BCUT2D eigenvalue weighted by molar-refractivity contribution is 14.0. The molecule has 2 N–H and O–H groups in total. The van der Waals surface area contributed by atoms with Crippen molar-refractivity contribution in [2.24, 2.45) is 10.9 Å². The number of aromatic nitrogens is 2. The van der Waals surface area contributed by atoms with Gasteiger partial charge >= 0.3 is 0 Å². The van der Waals surface area contributed by atoms with E-state index in [-0.39, 0.29) is 30.5 Å². The number of likely N-dealkylation sites (tertiary alicyclic amines) is 1. The Balaban J connectivity index is 0.00000341. The molecule has 2 aromatic rings. The summed E-state index contributed by atoms with van der Waals surface area (Å²) < 4.78 is 12.8. The number of imidazole rings is 1. The summed E-state index contributed by atoms with van der Waals surface area (Å²) in [5.74, 6) is 2.63. The second-order valence-electron chi connectivity index (χ2n) is 7.61. The Bertz CT molecular complexity index is 831. The fourth-order valence-electron chi connectivity index (χ4n) is 3.86. The van der Waals surface area contributed by atoms with Crippen LogP contribution in [-0.4, -0.2) is 65.9 Å². The number of ether oxygens (including phenoxy) is 2. The minimum Gasteiger partial charge on any atom is -0.493 e. The third-order valence-corrected chi connectivity index (χ3v) is 5.67. The molecule has 1 aromatic carbocycles. The molecule has 1 aliphatic rings. The van der Waals surface area contributed by atoms with Crippen LogP contribution >= 0.6 is 24.0 Å². The van der Waals surface area contributed by atoms with Crippen molar-refractivity contribution in [2.45, 2.75) is 32.4 Å². The van der Waals surface area contributed by atoms with Gasteiger partial charge in [-0.05, 0) is 37.0 Å². The molecule has 3 unspecified atom stereocenters. The van der Waals surface area contributed by atoms with Crippen molar-refractivity contribution < 1.29 is 14.6 Å². The molecule has 0 radical (unpaired) electrons. The number of aliphatic hydroxyl groups excluding tert-OH is 1. The van der Waals surface area contributed by atoms with Crippen LogP contribution in [0.15, 0.2) is 41.9 Å². The van der Waals surface area contributed by atoms with Gasteiger partial charge in [0, 0.05) is 32.0 Å². The molecule has 3 atom stereocenters. The predicted molar refractivity (Wildman–Crippen MR) is 133 cm³/mol. The number of guanidine groups is 1. The second kappa shape index (κ2) is 12.1. The number of piperidine rings is 1. The number of aliphatic hydroxyl groups is 1. The molecule has 0 spiro atoms. The quantitative estimate of drug-likeness (QED) is 0.317. The van der Waals surface area contributed by atoms with Gasteiger partial charge in [0.25, 0.3) is 0 Å². The molecular formula is C22H34IN5O3. The van der Waals surface area contributed by atoms with Crippen molar-refractivity contribution in [1.82, 2.24) is 19.8 Å². The third kappa shape index (κ3) is 6.25. The zero-order valence-electron chi connectivity index (χ0n) is 18.7. The molecule has 1 aliphatic heterocycles. The van der Waals surface area contributed by atoms with Crippen LogP contribution < -0.4 is 14.8 Å². The lowest BCUT2D eigenvalue weighted by molar-refractivity contribution is 0.179. The molecule has 9 heteroatoms. The van der Waals surface area contributed by atoms with Crippen LogP contribution in [0.25, 0.3) is 0 Å². The van der Waals surface area contributed by atoms with E-state index in [0.717, 1.165) is 37.6 Å². The summed E-state index contributed by atoms with van der Waals surface area (Å²) in [6.07, 6.45) is 6.08. The van der Waals surface area contributed by atoms with E-state index in [4.69, 9.17) is 14.5 Å². The molecule has 3 rings (SSSR count). The van der Waals surface area contributed by atoms with Gasteiger partial charge in [-0.2, -0.15) is 0 Å². The van der Waals surface area contributed by atoms with E-state index in [1.165, 1.54) is 0 Å². The van der Waals surface area contributed by atoms with E-state index >= 15 is 0 Å². The first-order valence-corrected chi connectivity index (χ1v) is 10.5. The molecule has 0 aliphatic carbocycles. The summed E-state index contributed by atoms with van der Waals surface area (Å²) in [7, 11) is 3.18. The van der Waals surface area contributed by atoms with Crippen LogP contribution in [-0.2, 0) is 0 Å². The van der Waals surface area contributed by atoms with E-state index in [0.29, 0.717) is 23.5 Å². The minimum absolute atomic E-state index is 0. The van der Waals surface area contributed by atoms with Gasteiger partial charge < -0.3 is 29.4 Å². The number of rotatable bonds is 7. The van der Waals surface area contributed by atoms with E-state index in [9.17, 15) is 5.11 Å². The Kier molecular flexibility index (Phi) is 9.89. The maximum atomic E-state index is 10.7. The van der Waals surface area contributed by atoms with Crippen molar-refractivity contribution in [3.05, 3.63) is 42.5 Å². The number of halogens is 1. The molecule has 0 bridgehead atoms. The van der Waals surface area contributed by atoms with Crippen LogP contribution in [0.1, 0.15) is 38.0 Å². The molecule has 2 heterocycles. The van der Waals surface area contributed by atoms with E-state index in [1.807, 2.05) is 24.8 Å². The molecule has 1 fully saturated rings. The van der Waals surface area contributed by atoms with Crippen LogP contribution in [0, 0.1) is 5.92 Å². The molecule has 8 nitrogen and oxygen atoms in total. The van der Waals surface area contributed by atoms with Crippen molar-refractivity contribution >= 4 is 29.9 Å². The highest BCUT2D eigenvalue weighted by Gasteiger charge is 2.29. The molecule has 31 heavy (non-hydrogen) atoms. The number of hydrogen-bond acceptors (Lipinski definition) is 5. The summed E-state index contributed by atoms with van der Waals surface area (Å²) >= 11 is 0. The lowest BCUT2D eigenvalue weighted by Gasteiger charge is -2.39. The van der Waals surface area contributed by atoms with Crippen molar-refractivity contribution in [1.29, 1.82) is 0 Å². The van der Waals surface area contributed by atoms with Crippen molar-refractivity contribution in [3.63, 3.8) is 0 Å². The molecule has 1 aromatic heterocycles. The first-order chi connectivity index (χ1) is 14.6. The monoisotopic (exact) mass is 543 g/mol. The lowest BCUT2D eigenvalue weighted by Crippen LogP contribution is -2.49. The Labute approximate surface area is 201 Å². The normalized spacial score (nSPS) is 20.0. The zero-order valence-corrected chi connectivity index (χ0v) is 21.0. The lowest BCUT2D eigenvalue weighted by atomic mass is 9.93. The number of aliphatic imine (C=N–C) groups is 1. The Morgan fingerprint density at radius 3 is 2.74 bits per heavy atom. The van der Waals surface area contributed by atoms with E-state index < -0.39 is 6.10 Å². The average Bonchev–Trinajstić information content (AvgIpc) is 3.31. The first-order valence-electron chi connectivity index (χ1n) is 10.5. The third-order valence-electron chi connectivity index (χ3n) is 5.67. The molecule has 172 valence electrons. The van der Waals surface area contributed by atoms with Gasteiger partial charge in [-0.3, -0.25) is 4.99 Å². The predicted octanol–water partition coefficient (Wildman–Crippen LogP) is 3.10. The number of methoxy groups -OCH3 is 2. The molecule has 0 amide bonds. The Hall–Kier alpha value is -2.01. The van der Waals surface area contributed by atoms with Gasteiger partial charge in [0.1, 0.15) is 0 Å². The number of nitrogens with one attached hydrogen (secondary N) is 1. The summed E-state index contributed by atoms with van der Waals surface area (Å²) in [5.41, 5.74) is 0.746. The van der Waals surface area contributed by atoms with Gasteiger partial charge in [-0.15, -0.1) is 24.0 Å². The maximum absolute atomic E-state index is 10.7. The summed E-state index contributed by atoms with van der Waals surface area (Å²) in [6, 6.07) is 5.78. The average molecular weight is 543 g/mol. The van der Waals surface area contributed by atoms with Gasteiger partial charge in [-0.25, -0.2) is 4.98 Å². The fraction of sp³-hybridized carbons (Fsp3) is 0.545. The van der Waals surface area contributed by atoms with E-state index in [2.05, 4.69) is 33.6 Å². The van der Waals surface area contributed by atoms with Gasteiger partial charge in [0.15, 0.2) is 17.5 Å². The number of hydrogen-bond donors (Lipinski definition) is 2. The van der Waals surface area contributed by atoms with Crippen molar-refractivity contribution in [3.8, 4) is 11.5 Å². The van der Waals surface area contributed by atoms with Gasteiger partial charge in [0.2, 0.25) is 0 Å². The van der Waals surface area contributed by atoms with Gasteiger partial charge in [0.05, 0.1) is 39.2 Å². The minimum atomic E-state index is -0.730. The summed E-state index contributed by atoms with van der Waals surface area (Å²) in [4.78, 5) is 11.2. The highest BCUT2D eigenvalue weighted by Crippen LogP contribution is 2.30. The SMILES string of the molecule is CCNC(=NCC(O)c1ccc(OC)c(OC)c1)N1CCC(C)C(n2ccnc2)C1.I. The maximum Gasteiger partial charge on any atom is 0.194 e. The fourth-order valence-corrected chi connectivity index (χ4v) is 3.86. The summed E-state index contributed by atoms with van der Waals surface area (Å²) in [6.45, 7) is 7.17. The number of benzene rings is 1. The zero-order chi connectivity index (χ0) is 21.5. The largest absolute Gasteiger partial charge is 0.493 e. The van der Waals surface area contributed by atoms with Crippen LogP contribution in [0.3, 0.4) is 0 Å². The molecular weight excluding hydrogens is 509 g/mol. The van der Waals surface area contributed by atoms with Gasteiger partial charge in [-0.1, -0.05) is 13.0 Å². The highest BCUT2D eigenvalue weighted by atomic mass is 127. The molecule has 0 saturated carbocycles. The first kappa shape index (κ1) is 25.3. The topological polar surface area (TPSA) is 84.1 Å². The standard InChI is InChI=1S/C22H33N5O3.HI/c1-5-24-22(26-10-8-16(2)18(14-26)27-11-9-23-15-27)25-13-19(28)17-6-7-20(29-3)21(12-17)30-4;/h6-7,9,11-12,15-16,18-19,28H,5,8,10,13-14H2,1-4H3,(H,24,25);1H. The summed E-state index contributed by atoms with van der Waals surface area (Å²) in [5, 5.41) is 14.1. The smallest absolute Gasteiger partial charge is 0.194 e. The Morgan fingerprint density at radius 2 is 2.10 bits per heavy atom. The van der Waals surface area contributed by atoms with Crippen LogP contribution in [0.4, 0.5) is 0 Å². The Morgan fingerprint density at radius 1 is 1.32 bits per heavy atom.